The predicted octanol–water partition coefficient (Wildman–Crippen LogP) is 5.57. The number of hydrogen-bond acceptors (Lipinski definition) is 0. The second kappa shape index (κ2) is 8.38. The maximum absolute atomic E-state index is 2.33. The molecule has 0 amide bonds. The van der Waals surface area contributed by atoms with Crippen LogP contribution >= 0.6 is 0 Å². The molecule has 0 heterocycles. The van der Waals surface area contributed by atoms with Crippen LogP contribution < -0.4 is 0 Å². The van der Waals surface area contributed by atoms with Crippen molar-refractivity contribution in [2.75, 3.05) is 0 Å². The van der Waals surface area contributed by atoms with E-state index < -0.39 is 0 Å². The van der Waals surface area contributed by atoms with Gasteiger partial charge in [0.2, 0.25) is 0 Å². The van der Waals surface area contributed by atoms with Gasteiger partial charge in [-0.1, -0.05) is 65.3 Å². The zero-order valence-electron chi connectivity index (χ0n) is 10.4. The Bertz CT molecular complexity index is 252. The lowest BCUT2D eigenvalue weighted by Crippen LogP contribution is -1.92. The molecule has 0 radical (unpaired) electrons. The second-order valence-electron chi connectivity index (χ2n) is 4.08. The minimum absolute atomic E-state index is 0. The molecule has 1 fully saturated rings. The van der Waals surface area contributed by atoms with Crippen molar-refractivity contribution in [2.24, 2.45) is 0 Å². The molecule has 0 bridgehead atoms. The maximum atomic E-state index is 2.33. The molecule has 1 aliphatic rings. The summed E-state index contributed by atoms with van der Waals surface area (Å²) in [6.07, 6.45) is 6.84. The molecular formula is C16H28. The molecular weight excluding hydrogens is 192 g/mol. The summed E-state index contributed by atoms with van der Waals surface area (Å²) in [5, 5.41) is 0. The Kier molecular flexibility index (Phi) is 7.97. The molecule has 0 N–H and O–H groups in total. The standard InChI is InChI=1S/C13H18.C2H6.CH4/c1-2-11-7-9-13(10-8-11)12-5-3-4-6-12;1-2;/h7-10,12H,2-6H2,1H3;1-2H3;1H4. The van der Waals surface area contributed by atoms with Gasteiger partial charge in [0.15, 0.2) is 0 Å². The van der Waals surface area contributed by atoms with E-state index in [1.165, 1.54) is 31.2 Å². The SMILES string of the molecule is C.CC.CCc1ccc(C2CCCC2)cc1. The number of hydrogen-bond donors (Lipinski definition) is 0. The molecule has 92 valence electrons. The van der Waals surface area contributed by atoms with E-state index in [4.69, 9.17) is 0 Å². The van der Waals surface area contributed by atoms with Gasteiger partial charge in [-0.05, 0) is 36.3 Å². The smallest absolute Gasteiger partial charge is 0.0162 e. The zero-order valence-corrected chi connectivity index (χ0v) is 10.4. The van der Waals surface area contributed by atoms with Crippen molar-refractivity contribution in [1.82, 2.24) is 0 Å². The third-order valence-electron chi connectivity index (χ3n) is 3.21. The molecule has 1 saturated carbocycles. The lowest BCUT2D eigenvalue weighted by atomic mass is 9.96. The fourth-order valence-electron chi connectivity index (χ4n) is 2.28. The molecule has 2 rings (SSSR count). The highest BCUT2D eigenvalue weighted by Gasteiger charge is 2.16. The second-order valence-corrected chi connectivity index (χ2v) is 4.08. The first kappa shape index (κ1) is 15.2. The van der Waals surface area contributed by atoms with E-state index >= 15 is 0 Å². The van der Waals surface area contributed by atoms with Gasteiger partial charge in [0, 0.05) is 0 Å². The van der Waals surface area contributed by atoms with Gasteiger partial charge < -0.3 is 0 Å². The van der Waals surface area contributed by atoms with Crippen molar-refractivity contribution in [3.05, 3.63) is 35.4 Å². The first-order chi connectivity index (χ1) is 7.40. The van der Waals surface area contributed by atoms with E-state index in [9.17, 15) is 0 Å². The van der Waals surface area contributed by atoms with Crippen molar-refractivity contribution in [2.45, 2.75) is 66.2 Å². The van der Waals surface area contributed by atoms with Crippen molar-refractivity contribution >= 4 is 0 Å². The topological polar surface area (TPSA) is 0 Å². The summed E-state index contributed by atoms with van der Waals surface area (Å²) in [5.74, 6) is 0.867. The van der Waals surface area contributed by atoms with E-state index in [-0.39, 0.29) is 7.43 Å². The van der Waals surface area contributed by atoms with Gasteiger partial charge in [-0.25, -0.2) is 0 Å². The molecule has 0 unspecified atom stereocenters. The van der Waals surface area contributed by atoms with E-state index in [0.717, 1.165) is 12.3 Å². The van der Waals surface area contributed by atoms with Crippen molar-refractivity contribution in [1.29, 1.82) is 0 Å². The lowest BCUT2D eigenvalue weighted by molar-refractivity contribution is 0.723. The summed E-state index contributed by atoms with van der Waals surface area (Å²) in [6.45, 7) is 6.21. The van der Waals surface area contributed by atoms with Gasteiger partial charge in [0.05, 0.1) is 0 Å². The molecule has 1 aromatic carbocycles. The summed E-state index contributed by atoms with van der Waals surface area (Å²) >= 11 is 0. The third kappa shape index (κ3) is 4.00. The van der Waals surface area contributed by atoms with Crippen LogP contribution in [0, 0.1) is 0 Å². The highest BCUT2D eigenvalue weighted by Crippen LogP contribution is 2.33. The Morgan fingerprint density at radius 2 is 1.50 bits per heavy atom. The van der Waals surface area contributed by atoms with Gasteiger partial charge >= 0.3 is 0 Å². The Morgan fingerprint density at radius 3 is 1.94 bits per heavy atom. The Balaban J connectivity index is 0.000000711. The van der Waals surface area contributed by atoms with Crippen LogP contribution in [0.3, 0.4) is 0 Å². The van der Waals surface area contributed by atoms with Gasteiger partial charge in [-0.2, -0.15) is 0 Å². The number of rotatable bonds is 2. The molecule has 0 nitrogen and oxygen atoms in total. The molecule has 0 atom stereocenters. The van der Waals surface area contributed by atoms with Crippen LogP contribution in [0.5, 0.6) is 0 Å². The Hall–Kier alpha value is -0.780. The van der Waals surface area contributed by atoms with Gasteiger partial charge in [-0.3, -0.25) is 0 Å². The summed E-state index contributed by atoms with van der Waals surface area (Å²) in [6, 6.07) is 9.23. The Labute approximate surface area is 102 Å². The zero-order chi connectivity index (χ0) is 11.1. The first-order valence-corrected chi connectivity index (χ1v) is 6.49. The molecule has 0 spiro atoms. The van der Waals surface area contributed by atoms with Crippen LogP contribution in [-0.2, 0) is 6.42 Å². The van der Waals surface area contributed by atoms with Crippen molar-refractivity contribution in [3.63, 3.8) is 0 Å². The first-order valence-electron chi connectivity index (χ1n) is 6.49. The highest BCUT2D eigenvalue weighted by molar-refractivity contribution is 5.25. The third-order valence-corrected chi connectivity index (χ3v) is 3.21. The van der Waals surface area contributed by atoms with E-state index in [0.29, 0.717) is 0 Å². The minimum atomic E-state index is 0. The highest BCUT2D eigenvalue weighted by atomic mass is 14.2. The van der Waals surface area contributed by atoms with E-state index in [2.05, 4.69) is 31.2 Å². The maximum Gasteiger partial charge on any atom is -0.0162 e. The van der Waals surface area contributed by atoms with E-state index in [1.807, 2.05) is 13.8 Å². The minimum Gasteiger partial charge on any atom is -0.0776 e. The van der Waals surface area contributed by atoms with Gasteiger partial charge in [-0.15, -0.1) is 0 Å². The normalized spacial score (nSPS) is 14.9. The monoisotopic (exact) mass is 220 g/mol. The summed E-state index contributed by atoms with van der Waals surface area (Å²) in [4.78, 5) is 0. The van der Waals surface area contributed by atoms with Crippen LogP contribution in [0.2, 0.25) is 0 Å². The molecule has 1 aromatic rings. The van der Waals surface area contributed by atoms with E-state index in [1.54, 1.807) is 5.56 Å². The van der Waals surface area contributed by atoms with Crippen LogP contribution in [0.25, 0.3) is 0 Å². The summed E-state index contributed by atoms with van der Waals surface area (Å²) in [5.41, 5.74) is 3.02. The molecule has 0 heteroatoms. The van der Waals surface area contributed by atoms with Crippen LogP contribution in [0.15, 0.2) is 24.3 Å². The molecule has 0 aromatic heterocycles. The fraction of sp³-hybridized carbons (Fsp3) is 0.625. The van der Waals surface area contributed by atoms with Gasteiger partial charge in [0.1, 0.15) is 0 Å². The summed E-state index contributed by atoms with van der Waals surface area (Å²) < 4.78 is 0. The van der Waals surface area contributed by atoms with Gasteiger partial charge in [0.25, 0.3) is 0 Å². The fourth-order valence-corrected chi connectivity index (χ4v) is 2.28. The largest absolute Gasteiger partial charge is 0.0776 e. The van der Waals surface area contributed by atoms with Crippen LogP contribution in [0.4, 0.5) is 0 Å². The van der Waals surface area contributed by atoms with Crippen LogP contribution in [0.1, 0.15) is 70.9 Å². The average Bonchev–Trinajstić information content (AvgIpc) is 2.85. The molecule has 0 saturated heterocycles. The Morgan fingerprint density at radius 1 is 1.00 bits per heavy atom. The van der Waals surface area contributed by atoms with Crippen LogP contribution in [-0.4, -0.2) is 0 Å². The molecule has 1 aliphatic carbocycles. The number of aryl methyl sites for hydroxylation is 1. The molecule has 0 aliphatic heterocycles. The summed E-state index contributed by atoms with van der Waals surface area (Å²) in [7, 11) is 0. The lowest BCUT2D eigenvalue weighted by Gasteiger charge is -2.09. The average molecular weight is 220 g/mol. The number of benzene rings is 1. The quantitative estimate of drug-likeness (QED) is 0.611. The van der Waals surface area contributed by atoms with Crippen molar-refractivity contribution in [3.8, 4) is 0 Å². The molecule has 16 heavy (non-hydrogen) atoms. The predicted molar refractivity (Wildman–Crippen MR) is 75.1 cm³/mol. The van der Waals surface area contributed by atoms with Crippen molar-refractivity contribution < 1.29 is 0 Å².